The van der Waals surface area contributed by atoms with Gasteiger partial charge in [0, 0.05) is 12.6 Å². The lowest BCUT2D eigenvalue weighted by Crippen LogP contribution is -2.03. The van der Waals surface area contributed by atoms with Crippen LogP contribution in [0.25, 0.3) is 0 Å². The van der Waals surface area contributed by atoms with Crippen LogP contribution in [0.5, 0.6) is 0 Å². The fourth-order valence-corrected chi connectivity index (χ4v) is 1.10. The van der Waals surface area contributed by atoms with Crippen LogP contribution >= 0.6 is 11.6 Å². The monoisotopic (exact) mass is 185 g/mol. The second-order valence-electron chi connectivity index (χ2n) is 2.55. The summed E-state index contributed by atoms with van der Waals surface area (Å²) < 4.78 is 0. The Morgan fingerprint density at radius 2 is 2.25 bits per heavy atom. The first-order chi connectivity index (χ1) is 5.72. The quantitative estimate of drug-likeness (QED) is 0.735. The topological polar surface area (TPSA) is 37.8 Å². The van der Waals surface area contributed by atoms with Crippen molar-refractivity contribution in [3.63, 3.8) is 0 Å². The van der Waals surface area contributed by atoms with Crippen LogP contribution in [0.2, 0.25) is 5.15 Å². The third-order valence-electron chi connectivity index (χ3n) is 1.36. The van der Waals surface area contributed by atoms with E-state index in [9.17, 15) is 0 Å². The zero-order chi connectivity index (χ0) is 8.97. The molecule has 0 aliphatic carbocycles. The molecule has 0 aromatic carbocycles. The SMILES string of the molecule is CCCNc1cc(Cl)nc(C)n1. The highest BCUT2D eigenvalue weighted by Gasteiger charge is 1.97. The zero-order valence-electron chi connectivity index (χ0n) is 7.26. The number of halogens is 1. The van der Waals surface area contributed by atoms with Crippen LogP contribution in [0.3, 0.4) is 0 Å². The maximum Gasteiger partial charge on any atom is 0.134 e. The molecule has 66 valence electrons. The van der Waals surface area contributed by atoms with Crippen molar-refractivity contribution in [2.75, 3.05) is 11.9 Å². The predicted molar refractivity (Wildman–Crippen MR) is 50.6 cm³/mol. The zero-order valence-corrected chi connectivity index (χ0v) is 8.02. The van der Waals surface area contributed by atoms with E-state index in [0.717, 1.165) is 18.8 Å². The van der Waals surface area contributed by atoms with Crippen molar-refractivity contribution in [3.8, 4) is 0 Å². The molecule has 1 N–H and O–H groups in total. The van der Waals surface area contributed by atoms with E-state index in [1.807, 2.05) is 6.92 Å². The van der Waals surface area contributed by atoms with Gasteiger partial charge < -0.3 is 5.32 Å². The summed E-state index contributed by atoms with van der Waals surface area (Å²) in [6.07, 6.45) is 1.07. The molecule has 0 amide bonds. The maximum absolute atomic E-state index is 5.74. The lowest BCUT2D eigenvalue weighted by atomic mass is 10.4. The van der Waals surface area contributed by atoms with E-state index in [4.69, 9.17) is 11.6 Å². The smallest absolute Gasteiger partial charge is 0.134 e. The van der Waals surface area contributed by atoms with Gasteiger partial charge in [-0.25, -0.2) is 9.97 Å². The number of aryl methyl sites for hydroxylation is 1. The van der Waals surface area contributed by atoms with Crippen molar-refractivity contribution in [1.82, 2.24) is 9.97 Å². The van der Waals surface area contributed by atoms with Crippen LogP contribution in [-0.2, 0) is 0 Å². The van der Waals surface area contributed by atoms with E-state index in [-0.39, 0.29) is 0 Å². The standard InChI is InChI=1S/C8H12ClN3/c1-3-4-10-8-5-7(9)11-6(2)12-8/h5H,3-4H2,1-2H3,(H,10,11,12). The molecule has 0 bridgehead atoms. The molecule has 0 aliphatic heterocycles. The van der Waals surface area contributed by atoms with E-state index in [1.54, 1.807) is 6.07 Å². The average Bonchev–Trinajstić information content (AvgIpc) is 1.99. The Kier molecular flexibility index (Phi) is 3.29. The second kappa shape index (κ2) is 4.26. The normalized spacial score (nSPS) is 9.92. The molecule has 1 rings (SSSR count). The summed E-state index contributed by atoms with van der Waals surface area (Å²) in [6.45, 7) is 4.83. The minimum Gasteiger partial charge on any atom is -0.370 e. The Morgan fingerprint density at radius 1 is 1.50 bits per heavy atom. The molecule has 12 heavy (non-hydrogen) atoms. The molecular weight excluding hydrogens is 174 g/mol. The molecule has 0 atom stereocenters. The first-order valence-corrected chi connectivity index (χ1v) is 4.35. The molecule has 1 aromatic rings. The fraction of sp³-hybridized carbons (Fsp3) is 0.500. The van der Waals surface area contributed by atoms with Gasteiger partial charge in [-0.2, -0.15) is 0 Å². The van der Waals surface area contributed by atoms with Gasteiger partial charge in [0.2, 0.25) is 0 Å². The molecule has 1 aromatic heterocycles. The van der Waals surface area contributed by atoms with Crippen LogP contribution in [0, 0.1) is 6.92 Å². The van der Waals surface area contributed by atoms with Gasteiger partial charge in [0.05, 0.1) is 0 Å². The summed E-state index contributed by atoms with van der Waals surface area (Å²) in [5.74, 6) is 1.50. The van der Waals surface area contributed by atoms with Gasteiger partial charge >= 0.3 is 0 Å². The molecule has 1 heterocycles. The van der Waals surface area contributed by atoms with Gasteiger partial charge in [0.15, 0.2) is 0 Å². The highest BCUT2D eigenvalue weighted by Crippen LogP contribution is 2.10. The van der Waals surface area contributed by atoms with Crippen LogP contribution in [-0.4, -0.2) is 16.5 Å². The van der Waals surface area contributed by atoms with Gasteiger partial charge in [-0.3, -0.25) is 0 Å². The molecule has 4 heteroatoms. The van der Waals surface area contributed by atoms with Crippen molar-refractivity contribution < 1.29 is 0 Å². The molecule has 0 unspecified atom stereocenters. The summed E-state index contributed by atoms with van der Waals surface area (Å²) in [4.78, 5) is 8.12. The Hall–Kier alpha value is -0.830. The van der Waals surface area contributed by atoms with E-state index < -0.39 is 0 Å². The van der Waals surface area contributed by atoms with E-state index in [0.29, 0.717) is 11.0 Å². The number of aromatic nitrogens is 2. The number of rotatable bonds is 3. The van der Waals surface area contributed by atoms with E-state index in [1.165, 1.54) is 0 Å². The second-order valence-corrected chi connectivity index (χ2v) is 2.94. The third kappa shape index (κ3) is 2.66. The van der Waals surface area contributed by atoms with Gasteiger partial charge in [-0.1, -0.05) is 18.5 Å². The van der Waals surface area contributed by atoms with Gasteiger partial charge in [-0.05, 0) is 13.3 Å². The Labute approximate surface area is 77.2 Å². The van der Waals surface area contributed by atoms with Crippen molar-refractivity contribution >= 4 is 17.4 Å². The summed E-state index contributed by atoms with van der Waals surface area (Å²) in [5.41, 5.74) is 0. The van der Waals surface area contributed by atoms with Crippen molar-refractivity contribution in [3.05, 3.63) is 17.0 Å². The van der Waals surface area contributed by atoms with Gasteiger partial charge in [-0.15, -0.1) is 0 Å². The van der Waals surface area contributed by atoms with E-state index in [2.05, 4.69) is 22.2 Å². The van der Waals surface area contributed by atoms with Gasteiger partial charge in [0.1, 0.15) is 16.8 Å². The van der Waals surface area contributed by atoms with Crippen molar-refractivity contribution in [2.45, 2.75) is 20.3 Å². The van der Waals surface area contributed by atoms with Crippen molar-refractivity contribution in [2.24, 2.45) is 0 Å². The molecule has 0 radical (unpaired) electrons. The average molecular weight is 186 g/mol. The Morgan fingerprint density at radius 3 is 2.83 bits per heavy atom. The Balaban J connectivity index is 2.72. The molecule has 0 saturated carbocycles. The summed E-state index contributed by atoms with van der Waals surface area (Å²) in [5, 5.41) is 3.63. The Bertz CT molecular complexity index is 242. The molecule has 0 spiro atoms. The molecule has 3 nitrogen and oxygen atoms in total. The van der Waals surface area contributed by atoms with Gasteiger partial charge in [0.25, 0.3) is 0 Å². The summed E-state index contributed by atoms with van der Waals surface area (Å²) in [7, 11) is 0. The third-order valence-corrected chi connectivity index (χ3v) is 1.56. The van der Waals surface area contributed by atoms with Crippen molar-refractivity contribution in [1.29, 1.82) is 0 Å². The highest BCUT2D eigenvalue weighted by atomic mass is 35.5. The van der Waals surface area contributed by atoms with Crippen LogP contribution < -0.4 is 5.32 Å². The highest BCUT2D eigenvalue weighted by molar-refractivity contribution is 6.29. The largest absolute Gasteiger partial charge is 0.370 e. The molecular formula is C8H12ClN3. The minimum absolute atomic E-state index is 0.487. The van der Waals surface area contributed by atoms with Crippen LogP contribution in [0.1, 0.15) is 19.2 Å². The lowest BCUT2D eigenvalue weighted by molar-refractivity contribution is 0.954. The van der Waals surface area contributed by atoms with Crippen LogP contribution in [0.15, 0.2) is 6.07 Å². The summed E-state index contributed by atoms with van der Waals surface area (Å²) in [6, 6.07) is 1.73. The van der Waals surface area contributed by atoms with Crippen LogP contribution in [0.4, 0.5) is 5.82 Å². The first-order valence-electron chi connectivity index (χ1n) is 3.97. The number of nitrogens with zero attached hydrogens (tertiary/aromatic N) is 2. The summed E-state index contributed by atoms with van der Waals surface area (Å²) >= 11 is 5.74. The predicted octanol–water partition coefficient (Wildman–Crippen LogP) is 2.26. The fourth-order valence-electron chi connectivity index (χ4n) is 0.875. The molecule has 0 saturated heterocycles. The number of anilines is 1. The molecule has 0 fully saturated rings. The lowest BCUT2D eigenvalue weighted by Gasteiger charge is -2.03. The number of hydrogen-bond donors (Lipinski definition) is 1. The number of nitrogens with one attached hydrogen (secondary N) is 1. The first kappa shape index (κ1) is 9.26. The minimum atomic E-state index is 0.487. The maximum atomic E-state index is 5.74. The number of hydrogen-bond acceptors (Lipinski definition) is 3. The van der Waals surface area contributed by atoms with E-state index >= 15 is 0 Å². The molecule has 0 aliphatic rings.